The molecule has 23 heavy (non-hydrogen) atoms. The molecule has 0 aliphatic carbocycles. The van der Waals surface area contributed by atoms with E-state index in [1.807, 2.05) is 19.1 Å². The summed E-state index contributed by atoms with van der Waals surface area (Å²) in [7, 11) is 1.57. The van der Waals surface area contributed by atoms with Crippen LogP contribution in [0.3, 0.4) is 0 Å². The van der Waals surface area contributed by atoms with Crippen molar-refractivity contribution in [1.29, 1.82) is 5.26 Å². The van der Waals surface area contributed by atoms with Gasteiger partial charge in [-0.2, -0.15) is 5.26 Å². The van der Waals surface area contributed by atoms with E-state index < -0.39 is 11.7 Å². The zero-order valence-corrected chi connectivity index (χ0v) is 12.8. The number of benzene rings is 2. The van der Waals surface area contributed by atoms with Crippen LogP contribution in [0.5, 0.6) is 5.75 Å². The third kappa shape index (κ3) is 4.17. The predicted molar refractivity (Wildman–Crippen MR) is 86.4 cm³/mol. The molecule has 2 aromatic rings. The molecule has 0 heterocycles. The molecule has 0 saturated heterocycles. The van der Waals surface area contributed by atoms with Crippen LogP contribution in [0, 0.1) is 24.1 Å². The zero-order valence-electron chi connectivity index (χ0n) is 12.8. The van der Waals surface area contributed by atoms with Crippen molar-refractivity contribution in [3.8, 4) is 11.8 Å². The topological polar surface area (TPSA) is 62.1 Å². The molecule has 0 aliphatic heterocycles. The molecule has 2 aromatic carbocycles. The Balaban J connectivity index is 2.23. The number of amides is 1. The van der Waals surface area contributed by atoms with E-state index in [2.05, 4.69) is 5.32 Å². The van der Waals surface area contributed by atoms with Gasteiger partial charge in [-0.25, -0.2) is 4.39 Å². The Labute approximate surface area is 133 Å². The van der Waals surface area contributed by atoms with Crippen LogP contribution in [-0.2, 0) is 4.79 Å². The van der Waals surface area contributed by atoms with Crippen molar-refractivity contribution in [2.24, 2.45) is 0 Å². The first-order valence-electron chi connectivity index (χ1n) is 6.87. The number of anilines is 1. The van der Waals surface area contributed by atoms with Gasteiger partial charge in [-0.05, 0) is 60.5 Å². The molecule has 2 rings (SSSR count). The van der Waals surface area contributed by atoms with E-state index in [-0.39, 0.29) is 5.57 Å². The number of aryl methyl sites for hydroxylation is 1. The molecule has 4 nitrogen and oxygen atoms in total. The molecule has 0 unspecified atom stereocenters. The fourth-order valence-corrected chi connectivity index (χ4v) is 1.97. The van der Waals surface area contributed by atoms with Gasteiger partial charge in [0.25, 0.3) is 5.91 Å². The lowest BCUT2D eigenvalue weighted by molar-refractivity contribution is -0.112. The number of halogens is 1. The largest absolute Gasteiger partial charge is 0.497 e. The fourth-order valence-electron chi connectivity index (χ4n) is 1.97. The van der Waals surface area contributed by atoms with Crippen molar-refractivity contribution in [3.63, 3.8) is 0 Å². The summed E-state index contributed by atoms with van der Waals surface area (Å²) in [6.45, 7) is 1.86. The third-order valence-corrected chi connectivity index (χ3v) is 3.24. The highest BCUT2D eigenvalue weighted by molar-refractivity contribution is 6.09. The maximum Gasteiger partial charge on any atom is 0.266 e. The summed E-state index contributed by atoms with van der Waals surface area (Å²) < 4.78 is 18.0. The molecule has 0 radical (unpaired) electrons. The Bertz CT molecular complexity index is 790. The highest BCUT2D eigenvalue weighted by Gasteiger charge is 2.10. The normalized spacial score (nSPS) is 10.8. The number of methoxy groups -OCH3 is 1. The van der Waals surface area contributed by atoms with Crippen molar-refractivity contribution in [1.82, 2.24) is 0 Å². The van der Waals surface area contributed by atoms with Crippen LogP contribution < -0.4 is 10.1 Å². The van der Waals surface area contributed by atoms with Gasteiger partial charge in [0.15, 0.2) is 0 Å². The van der Waals surface area contributed by atoms with Crippen molar-refractivity contribution in [2.45, 2.75) is 6.92 Å². The summed E-state index contributed by atoms with van der Waals surface area (Å²) in [5.74, 6) is -0.240. The molecule has 5 heteroatoms. The number of nitrogens with zero attached hydrogens (tertiary/aromatic N) is 1. The standard InChI is InChI=1S/C18H15FN2O2/c1-12-9-17(23-2)8-3-13(12)10-14(11-20)18(22)21-16-6-4-15(19)5-7-16/h3-10H,1-2H3,(H,21,22)/b14-10+. The van der Waals surface area contributed by atoms with Gasteiger partial charge in [0.1, 0.15) is 23.2 Å². The average molecular weight is 310 g/mol. The molecule has 1 N–H and O–H groups in total. The lowest BCUT2D eigenvalue weighted by Crippen LogP contribution is -2.13. The van der Waals surface area contributed by atoms with E-state index in [0.29, 0.717) is 11.4 Å². The minimum Gasteiger partial charge on any atom is -0.497 e. The minimum atomic E-state index is -0.547. The molecular weight excluding hydrogens is 295 g/mol. The van der Waals surface area contributed by atoms with E-state index in [1.54, 1.807) is 19.2 Å². The Kier molecular flexibility index (Phi) is 5.11. The van der Waals surface area contributed by atoms with Gasteiger partial charge in [0, 0.05) is 5.69 Å². The smallest absolute Gasteiger partial charge is 0.266 e. The first-order chi connectivity index (χ1) is 11.0. The van der Waals surface area contributed by atoms with Gasteiger partial charge in [0.05, 0.1) is 7.11 Å². The SMILES string of the molecule is COc1ccc(/C=C(\C#N)C(=O)Nc2ccc(F)cc2)c(C)c1. The van der Waals surface area contributed by atoms with Gasteiger partial charge >= 0.3 is 0 Å². The van der Waals surface area contributed by atoms with E-state index in [9.17, 15) is 14.4 Å². The van der Waals surface area contributed by atoms with Gasteiger partial charge in [0.2, 0.25) is 0 Å². The summed E-state index contributed by atoms with van der Waals surface area (Å²) in [5, 5.41) is 11.8. The lowest BCUT2D eigenvalue weighted by Gasteiger charge is -2.06. The number of nitrogens with one attached hydrogen (secondary N) is 1. The summed E-state index contributed by atoms with van der Waals surface area (Å²) >= 11 is 0. The first kappa shape index (κ1) is 16.2. The first-order valence-corrected chi connectivity index (χ1v) is 6.87. The van der Waals surface area contributed by atoms with Crippen LogP contribution in [0.2, 0.25) is 0 Å². The van der Waals surface area contributed by atoms with E-state index >= 15 is 0 Å². The third-order valence-electron chi connectivity index (χ3n) is 3.24. The molecule has 116 valence electrons. The molecule has 0 aliphatic rings. The molecule has 0 aromatic heterocycles. The fraction of sp³-hybridized carbons (Fsp3) is 0.111. The van der Waals surface area contributed by atoms with Gasteiger partial charge in [-0.1, -0.05) is 6.07 Å². The van der Waals surface area contributed by atoms with Crippen LogP contribution in [0.4, 0.5) is 10.1 Å². The highest BCUT2D eigenvalue weighted by atomic mass is 19.1. The van der Waals surface area contributed by atoms with E-state index in [0.717, 1.165) is 11.1 Å². The zero-order chi connectivity index (χ0) is 16.8. The van der Waals surface area contributed by atoms with Crippen molar-refractivity contribution >= 4 is 17.7 Å². The van der Waals surface area contributed by atoms with Gasteiger partial charge in [-0.15, -0.1) is 0 Å². The molecule has 0 atom stereocenters. The predicted octanol–water partition coefficient (Wildman–Crippen LogP) is 3.69. The second-order valence-corrected chi connectivity index (χ2v) is 4.85. The van der Waals surface area contributed by atoms with Gasteiger partial charge in [-0.3, -0.25) is 4.79 Å². The molecule has 1 amide bonds. The lowest BCUT2D eigenvalue weighted by atomic mass is 10.1. The van der Waals surface area contributed by atoms with Crippen LogP contribution in [0.15, 0.2) is 48.0 Å². The highest BCUT2D eigenvalue weighted by Crippen LogP contribution is 2.19. The summed E-state index contributed by atoms with van der Waals surface area (Å²) in [6, 6.07) is 12.6. The van der Waals surface area contributed by atoms with Crippen LogP contribution in [0.25, 0.3) is 6.08 Å². The van der Waals surface area contributed by atoms with E-state index in [1.165, 1.54) is 30.3 Å². The number of carbonyl (C=O) groups is 1. The molecule has 0 spiro atoms. The number of nitriles is 1. The van der Waals surface area contributed by atoms with Crippen LogP contribution >= 0.6 is 0 Å². The Morgan fingerprint density at radius 3 is 2.52 bits per heavy atom. The minimum absolute atomic E-state index is 0.0393. The Morgan fingerprint density at radius 1 is 1.26 bits per heavy atom. The Morgan fingerprint density at radius 2 is 1.96 bits per heavy atom. The number of hydrogen-bond acceptors (Lipinski definition) is 3. The second-order valence-electron chi connectivity index (χ2n) is 4.85. The monoisotopic (exact) mass is 310 g/mol. The summed E-state index contributed by atoms with van der Waals surface area (Å²) in [5.41, 5.74) is 2.01. The van der Waals surface area contributed by atoms with Crippen LogP contribution in [0.1, 0.15) is 11.1 Å². The number of rotatable bonds is 4. The quantitative estimate of drug-likeness (QED) is 0.692. The van der Waals surface area contributed by atoms with Crippen molar-refractivity contribution in [3.05, 3.63) is 65.0 Å². The van der Waals surface area contributed by atoms with Crippen LogP contribution in [-0.4, -0.2) is 13.0 Å². The summed E-state index contributed by atoms with van der Waals surface area (Å²) in [4.78, 5) is 12.1. The average Bonchev–Trinajstić information content (AvgIpc) is 2.55. The molecule has 0 fully saturated rings. The number of ether oxygens (including phenoxy) is 1. The van der Waals surface area contributed by atoms with E-state index in [4.69, 9.17) is 4.74 Å². The van der Waals surface area contributed by atoms with Gasteiger partial charge < -0.3 is 10.1 Å². The molecular formula is C18H15FN2O2. The summed E-state index contributed by atoms with van der Waals surface area (Å²) in [6.07, 6.45) is 1.51. The maximum absolute atomic E-state index is 12.9. The van der Waals surface area contributed by atoms with Crippen molar-refractivity contribution < 1.29 is 13.9 Å². The number of hydrogen-bond donors (Lipinski definition) is 1. The number of carbonyl (C=O) groups excluding carboxylic acids is 1. The van der Waals surface area contributed by atoms with Crippen molar-refractivity contribution in [2.75, 3.05) is 12.4 Å². The molecule has 0 bridgehead atoms. The molecule has 0 saturated carbocycles. The maximum atomic E-state index is 12.9. The Hall–Kier alpha value is -3.13. The second kappa shape index (κ2) is 7.23.